The number of benzene rings is 1. The lowest BCUT2D eigenvalue weighted by atomic mass is 9.84. The molecule has 17 nitrogen and oxygen atoms in total. The van der Waals surface area contributed by atoms with E-state index in [9.17, 15) is 37.1 Å². The third-order valence-corrected chi connectivity index (χ3v) is 15.0. The fraction of sp³-hybridized carbons (Fsp3) is 0.549. The number of fused-ring (bicyclic) bond motifs is 6. The van der Waals surface area contributed by atoms with Crippen LogP contribution >= 0.6 is 11.3 Å². The highest BCUT2D eigenvalue weighted by Crippen LogP contribution is 2.43. The van der Waals surface area contributed by atoms with Gasteiger partial charge in [-0.2, -0.15) is 13.2 Å². The molecule has 5 amide bonds. The van der Waals surface area contributed by atoms with Crippen LogP contribution in [0.15, 0.2) is 54.6 Å². The molecule has 0 saturated carbocycles. The molecule has 8 rings (SSSR count). The summed E-state index contributed by atoms with van der Waals surface area (Å²) in [7, 11) is 3.06. The van der Waals surface area contributed by atoms with Gasteiger partial charge in [0.05, 0.1) is 54.5 Å². The van der Waals surface area contributed by atoms with Crippen LogP contribution in [0.1, 0.15) is 76.3 Å². The van der Waals surface area contributed by atoms with Crippen molar-refractivity contribution in [1.29, 1.82) is 0 Å². The van der Waals surface area contributed by atoms with Crippen molar-refractivity contribution in [2.45, 2.75) is 109 Å². The highest BCUT2D eigenvalue weighted by molar-refractivity contribution is 7.10. The smallest absolute Gasteiger partial charge is 0.406 e. The molecule has 0 radical (unpaired) electrons. The maximum atomic E-state index is 14.7. The van der Waals surface area contributed by atoms with Crippen molar-refractivity contribution >= 4 is 52.0 Å². The zero-order valence-corrected chi connectivity index (χ0v) is 42.7. The van der Waals surface area contributed by atoms with Gasteiger partial charge in [0.1, 0.15) is 30.3 Å². The van der Waals surface area contributed by atoms with Crippen LogP contribution in [-0.2, 0) is 52.8 Å². The first kappa shape index (κ1) is 52.4. The number of pyridine rings is 1. The summed E-state index contributed by atoms with van der Waals surface area (Å²) in [6.07, 6.45) is -0.904. The number of halogens is 3. The number of esters is 1. The molecule has 3 fully saturated rings. The van der Waals surface area contributed by atoms with Gasteiger partial charge < -0.3 is 38.8 Å². The van der Waals surface area contributed by atoms with Gasteiger partial charge in [0.25, 0.3) is 5.91 Å². The van der Waals surface area contributed by atoms with Crippen LogP contribution in [0.5, 0.6) is 0 Å². The van der Waals surface area contributed by atoms with Crippen molar-refractivity contribution in [2.75, 3.05) is 60.1 Å². The largest absolute Gasteiger partial charge is 0.464 e. The number of thiazole rings is 1. The zero-order chi connectivity index (χ0) is 51.9. The molecule has 1 aromatic carbocycles. The topological polar surface area (TPSA) is 181 Å². The molecule has 4 aliphatic rings. The molecule has 0 aliphatic carbocycles. The lowest BCUT2D eigenvalue weighted by Crippen LogP contribution is -2.62. The van der Waals surface area contributed by atoms with Gasteiger partial charge in [0.2, 0.25) is 11.8 Å². The second-order valence-electron chi connectivity index (χ2n) is 20.5. The molecule has 0 unspecified atom stereocenters. The van der Waals surface area contributed by atoms with Crippen LogP contribution in [0.2, 0.25) is 0 Å². The minimum Gasteiger partial charge on any atom is -0.464 e. The standard InChI is InChI=1S/C51H64F3N9O8S/c1-9-41(64)60-20-21-71-50(26-60)16-19-61(27-50)48(68)59(7)43(30(2)3)45(65)57-37-23-40-56-38(25-72-40)32-14-15-39-34(22-32)35(24-49(5,6)29-70-47(67)36-13-11-18-63(58-36)46(37)66)44(62(39)28-51(52,53)54)33-12-10-17-55-42(33)31(4)69-8/h9-10,12,14-15,17,22,25,30-31,36-37,43,58H,1,11,13,16,18-21,23-24,26-29H2,2-8H3,(H,57,65)/t31-,36-,37-,43-,50-/m0/s1. The summed E-state index contributed by atoms with van der Waals surface area (Å²) in [5, 5.41) is 7.13. The number of methoxy groups -OCH3 is 1. The third kappa shape index (κ3) is 11.0. The Labute approximate surface area is 421 Å². The summed E-state index contributed by atoms with van der Waals surface area (Å²) in [6.45, 7) is 13.2. The molecule has 21 heteroatoms. The fourth-order valence-electron chi connectivity index (χ4n) is 10.5. The number of carbonyl (C=O) groups excluding carboxylic acids is 5. The van der Waals surface area contributed by atoms with Crippen LogP contribution in [0.3, 0.4) is 0 Å². The molecule has 72 heavy (non-hydrogen) atoms. The van der Waals surface area contributed by atoms with Gasteiger partial charge in [-0.15, -0.1) is 11.3 Å². The number of ether oxygens (including phenoxy) is 3. The van der Waals surface area contributed by atoms with E-state index in [1.165, 1.54) is 39.0 Å². The molecule has 6 bridgehead atoms. The quantitative estimate of drug-likeness (QED) is 0.142. The summed E-state index contributed by atoms with van der Waals surface area (Å²) >= 11 is 1.26. The minimum atomic E-state index is -4.60. The Morgan fingerprint density at radius 2 is 1.88 bits per heavy atom. The zero-order valence-electron chi connectivity index (χ0n) is 41.8. The molecule has 4 aromatic rings. The molecule has 4 aliphatic heterocycles. The maximum Gasteiger partial charge on any atom is 0.406 e. The van der Waals surface area contributed by atoms with E-state index in [2.05, 4.69) is 22.3 Å². The number of hydrogen-bond donors (Lipinski definition) is 2. The maximum absolute atomic E-state index is 14.7. The normalized spacial score (nSPS) is 22.7. The van der Waals surface area contributed by atoms with Crippen LogP contribution < -0.4 is 10.7 Å². The number of nitrogens with one attached hydrogen (secondary N) is 2. The van der Waals surface area contributed by atoms with Gasteiger partial charge in [-0.25, -0.2) is 15.2 Å². The average molecular weight is 1020 g/mol. The number of hydrazine groups is 1. The first-order valence-corrected chi connectivity index (χ1v) is 25.3. The Morgan fingerprint density at radius 3 is 2.60 bits per heavy atom. The van der Waals surface area contributed by atoms with E-state index >= 15 is 0 Å². The van der Waals surface area contributed by atoms with Crippen molar-refractivity contribution in [3.8, 4) is 22.5 Å². The minimum absolute atomic E-state index is 0.0633. The van der Waals surface area contributed by atoms with Gasteiger partial charge in [-0.05, 0) is 74.4 Å². The van der Waals surface area contributed by atoms with E-state index in [1.54, 1.807) is 59.6 Å². The number of morpholine rings is 1. The number of cyclic esters (lactones) is 1. The Bertz CT molecular complexity index is 2720. The van der Waals surface area contributed by atoms with E-state index in [0.29, 0.717) is 95.2 Å². The van der Waals surface area contributed by atoms with Gasteiger partial charge in [-0.3, -0.25) is 29.2 Å². The number of aromatic nitrogens is 3. The number of nitrogens with zero attached hydrogens (tertiary/aromatic N) is 7. The third-order valence-electron chi connectivity index (χ3n) is 14.1. The monoisotopic (exact) mass is 1020 g/mol. The molecule has 388 valence electrons. The Kier molecular flexibility index (Phi) is 15.2. The number of alkyl halides is 3. The number of likely N-dealkylation sites (N-methyl/N-ethyl adjacent to an activating group) is 1. The summed E-state index contributed by atoms with van der Waals surface area (Å²) in [6, 6.07) is 5.06. The Balaban J connectivity index is 1.15. The molecular weight excluding hydrogens is 956 g/mol. The van der Waals surface area contributed by atoms with Crippen LogP contribution in [0.25, 0.3) is 33.4 Å². The van der Waals surface area contributed by atoms with Crippen molar-refractivity contribution in [3.05, 3.63) is 70.8 Å². The molecule has 2 N–H and O–H groups in total. The number of amides is 5. The number of rotatable bonds is 9. The SMILES string of the molecule is C=CC(=O)N1CCO[C@@]2(CCN(C(=O)N(C)[C@H](C(=O)N[C@H]3Cc4nc(cs4)-c4ccc5c(c4)c(c(-c4cccnc4[C@H](C)OC)n5CC(F)(F)F)CC(C)(C)COC(=O)[C@@H]4CCCN(N4)C3=O)C(C)C)C2)C1. The van der Waals surface area contributed by atoms with Gasteiger partial charge >= 0.3 is 18.2 Å². The predicted molar refractivity (Wildman–Crippen MR) is 263 cm³/mol. The first-order chi connectivity index (χ1) is 34.1. The van der Waals surface area contributed by atoms with Crippen molar-refractivity contribution in [2.24, 2.45) is 11.3 Å². The van der Waals surface area contributed by atoms with E-state index in [1.807, 2.05) is 33.8 Å². The highest BCUT2D eigenvalue weighted by Gasteiger charge is 2.47. The van der Waals surface area contributed by atoms with Gasteiger partial charge in [0.15, 0.2) is 0 Å². The van der Waals surface area contributed by atoms with Crippen molar-refractivity contribution in [3.63, 3.8) is 0 Å². The number of likely N-dealkylation sites (tertiary alicyclic amines) is 1. The lowest BCUT2D eigenvalue weighted by molar-refractivity contribution is -0.155. The van der Waals surface area contributed by atoms with E-state index in [4.69, 9.17) is 19.2 Å². The highest BCUT2D eigenvalue weighted by atomic mass is 32.1. The number of urea groups is 1. The van der Waals surface area contributed by atoms with Crippen molar-refractivity contribution < 1.29 is 51.4 Å². The number of carbonyl (C=O) groups is 5. The molecule has 5 atom stereocenters. The van der Waals surface area contributed by atoms with Crippen molar-refractivity contribution in [1.82, 2.24) is 45.0 Å². The van der Waals surface area contributed by atoms with E-state index in [-0.39, 0.29) is 38.4 Å². The van der Waals surface area contributed by atoms with E-state index in [0.717, 1.165) is 0 Å². The number of hydrogen-bond acceptors (Lipinski definition) is 12. The van der Waals surface area contributed by atoms with E-state index < -0.39 is 77.7 Å². The van der Waals surface area contributed by atoms with Gasteiger partial charge in [0, 0.05) is 79.2 Å². The average Bonchev–Trinajstić information content (AvgIpc) is 4.07. The summed E-state index contributed by atoms with van der Waals surface area (Å²) in [5.41, 5.74) is 4.80. The van der Waals surface area contributed by atoms with Crippen LogP contribution in [-0.4, -0.2) is 154 Å². The van der Waals surface area contributed by atoms with Crippen LogP contribution in [0, 0.1) is 11.3 Å². The summed E-state index contributed by atoms with van der Waals surface area (Å²) in [5.74, 6) is -2.33. The summed E-state index contributed by atoms with van der Waals surface area (Å²) < 4.78 is 63.2. The molecule has 3 aromatic heterocycles. The van der Waals surface area contributed by atoms with Gasteiger partial charge in [-0.1, -0.05) is 40.3 Å². The lowest BCUT2D eigenvalue weighted by Gasteiger charge is -2.40. The predicted octanol–water partition coefficient (Wildman–Crippen LogP) is 6.31. The molecule has 7 heterocycles. The fourth-order valence-corrected chi connectivity index (χ4v) is 11.4. The molecular formula is C51H64F3N9O8S. The second kappa shape index (κ2) is 20.9. The Hall–Kier alpha value is -5.90. The Morgan fingerprint density at radius 1 is 1.11 bits per heavy atom. The summed E-state index contributed by atoms with van der Waals surface area (Å²) in [4.78, 5) is 84.1. The second-order valence-corrected chi connectivity index (χ2v) is 21.4. The first-order valence-electron chi connectivity index (χ1n) is 24.4. The molecule has 1 spiro atoms. The van der Waals surface area contributed by atoms with Crippen LogP contribution in [0.4, 0.5) is 18.0 Å². The molecule has 3 saturated heterocycles.